The predicted molar refractivity (Wildman–Crippen MR) is 219 cm³/mol. The van der Waals surface area contributed by atoms with E-state index in [1.165, 1.54) is 54.4 Å². The minimum atomic E-state index is -5.17. The molecule has 2 aliphatic rings. The van der Waals surface area contributed by atoms with Crippen LogP contribution in [0.25, 0.3) is 38.8 Å². The monoisotopic (exact) mass is 986 g/mol. The lowest BCUT2D eigenvalue weighted by Crippen LogP contribution is -2.38. The van der Waals surface area contributed by atoms with Crippen LogP contribution in [0.4, 0.5) is 54.1 Å². The number of fused-ring (bicyclic) bond motifs is 5. The summed E-state index contributed by atoms with van der Waals surface area (Å²) < 4.78 is 175. The number of alkyl halides is 9. The zero-order valence-corrected chi connectivity index (χ0v) is 35.7. The van der Waals surface area contributed by atoms with Crippen molar-refractivity contribution in [1.82, 2.24) is 44.2 Å². The molecule has 67 heavy (non-hydrogen) atoms. The molecule has 4 unspecified atom stereocenters. The summed E-state index contributed by atoms with van der Waals surface area (Å²) in [4.78, 5) is 33.9. The van der Waals surface area contributed by atoms with Gasteiger partial charge >= 0.3 is 18.5 Å². The lowest BCUT2D eigenvalue weighted by molar-refractivity contribution is -0.142. The minimum Gasteiger partial charge on any atom is -0.593 e. The Morgan fingerprint density at radius 1 is 1.01 bits per heavy atom. The second kappa shape index (κ2) is 16.2. The van der Waals surface area contributed by atoms with Gasteiger partial charge in [-0.1, -0.05) is 17.7 Å². The van der Waals surface area contributed by atoms with Gasteiger partial charge in [0.25, 0.3) is 11.5 Å². The van der Waals surface area contributed by atoms with Crippen molar-refractivity contribution in [2.24, 2.45) is 13.0 Å². The number of halogens is 12. The third kappa shape index (κ3) is 8.23. The number of nitrogens with zero attached hydrogens (tertiary/aromatic N) is 8. The average Bonchev–Trinajstić information content (AvgIpc) is 3.43. The number of aryl methyl sites for hydroxylation is 1. The van der Waals surface area contributed by atoms with Gasteiger partial charge in [0, 0.05) is 42.8 Å². The maximum absolute atomic E-state index is 15.5. The molecule has 1 amide bonds. The summed E-state index contributed by atoms with van der Waals surface area (Å²) in [6.45, 7) is -2.72. The van der Waals surface area contributed by atoms with Crippen LogP contribution in [-0.4, -0.2) is 68.0 Å². The summed E-state index contributed by atoms with van der Waals surface area (Å²) in [7, 11) is 1.44. The molecule has 3 aromatic carbocycles. The van der Waals surface area contributed by atoms with Crippen LogP contribution in [0.2, 0.25) is 5.02 Å². The van der Waals surface area contributed by atoms with E-state index >= 15 is 13.6 Å². The Bertz CT molecular complexity index is 3190. The highest BCUT2D eigenvalue weighted by molar-refractivity contribution is 7.92. The normalized spacial score (nSPS) is 17.6. The molecule has 352 valence electrons. The SMILES string of the molecule is Cn1nc(N[S+](C)[O-])c2c(Cl)ccc(-n3c(C(Cc4cc(F)cc(F)c4)NC(=O)Cn4nc(C(F)(F)F)c5c4C(F)(F)C4CC54)nc4cc(-c5ccn(CC(F)(F)C(F)F)n5)ccc4c3=O)c21. The standard InChI is InChI=1S/C41H30ClF11N10O3S/c1-60-32-28(6-5-24(42)31(32)35(58-60)59-67(2)66)63-36(55-26-12-18(3-4-21(26)37(63)65)25-7-8-61(56-25)16-39(47,48)38(45)46)27(11-17-9-19(43)13-20(44)10-17)54-29(64)15-62-34-30(33(57-62)41(51,52)53)22-14-23(22)40(34,49)50/h3-10,12-13,22-23,27,38H,11,14-16H2,1-2H3,(H,54,64)(H,58,59). The smallest absolute Gasteiger partial charge is 0.435 e. The van der Waals surface area contributed by atoms with Crippen molar-refractivity contribution in [1.29, 1.82) is 0 Å². The lowest BCUT2D eigenvalue weighted by Gasteiger charge is -2.24. The zero-order valence-electron chi connectivity index (χ0n) is 34.2. The van der Waals surface area contributed by atoms with Crippen molar-refractivity contribution in [3.05, 3.63) is 116 Å². The summed E-state index contributed by atoms with van der Waals surface area (Å²) in [5.74, 6) is -14.6. The molecule has 2 aliphatic carbocycles. The molecule has 26 heteroatoms. The number of rotatable bonds is 13. The molecule has 0 radical (unpaired) electrons. The highest BCUT2D eigenvalue weighted by Gasteiger charge is 2.68. The molecule has 7 aromatic rings. The third-order valence-corrected chi connectivity index (χ3v) is 12.2. The molecule has 1 saturated carbocycles. The summed E-state index contributed by atoms with van der Waals surface area (Å²) >= 11 is 4.92. The molecular weight excluding hydrogens is 957 g/mol. The number of aromatic nitrogens is 8. The van der Waals surface area contributed by atoms with Gasteiger partial charge in [0.15, 0.2) is 5.69 Å². The van der Waals surface area contributed by atoms with Crippen LogP contribution in [0.5, 0.6) is 0 Å². The van der Waals surface area contributed by atoms with Gasteiger partial charge in [-0.25, -0.2) is 22.5 Å². The van der Waals surface area contributed by atoms with Crippen molar-refractivity contribution in [3.63, 3.8) is 0 Å². The summed E-state index contributed by atoms with van der Waals surface area (Å²) in [5, 5.41) is 14.3. The molecule has 9 rings (SSSR count). The second-order valence-electron chi connectivity index (χ2n) is 16.1. The molecule has 4 heterocycles. The van der Waals surface area contributed by atoms with Gasteiger partial charge in [0.2, 0.25) is 11.7 Å². The Hall–Kier alpha value is -6.21. The van der Waals surface area contributed by atoms with Gasteiger partial charge in [0.05, 0.1) is 55.6 Å². The largest absolute Gasteiger partial charge is 0.593 e. The van der Waals surface area contributed by atoms with E-state index in [0.29, 0.717) is 10.7 Å². The van der Waals surface area contributed by atoms with Gasteiger partial charge in [-0.2, -0.15) is 45.7 Å². The highest BCUT2D eigenvalue weighted by Crippen LogP contribution is 2.68. The number of carbonyl (C=O) groups excluding carboxylic acids is 1. The first kappa shape index (κ1) is 45.9. The van der Waals surface area contributed by atoms with Crippen molar-refractivity contribution in [2.45, 2.75) is 62.3 Å². The predicted octanol–water partition coefficient (Wildman–Crippen LogP) is 8.20. The molecule has 4 aromatic heterocycles. The van der Waals surface area contributed by atoms with E-state index in [9.17, 15) is 48.9 Å². The van der Waals surface area contributed by atoms with Crippen molar-refractivity contribution < 1.29 is 57.6 Å². The van der Waals surface area contributed by atoms with Crippen molar-refractivity contribution >= 4 is 56.5 Å². The van der Waals surface area contributed by atoms with Gasteiger partial charge in [-0.15, -0.1) is 5.10 Å². The first-order valence-electron chi connectivity index (χ1n) is 19.8. The van der Waals surface area contributed by atoms with Crippen LogP contribution < -0.4 is 15.6 Å². The van der Waals surface area contributed by atoms with E-state index in [-0.39, 0.29) is 66.3 Å². The Morgan fingerprint density at radius 2 is 1.73 bits per heavy atom. The Kier molecular flexibility index (Phi) is 11.1. The van der Waals surface area contributed by atoms with Crippen LogP contribution in [0.1, 0.15) is 46.7 Å². The molecule has 0 bridgehead atoms. The van der Waals surface area contributed by atoms with E-state index < -0.39 is 119 Å². The topological polar surface area (TPSA) is 153 Å². The fraction of sp³-hybridized carbons (Fsp3) is 0.317. The van der Waals surface area contributed by atoms with E-state index in [4.69, 9.17) is 16.6 Å². The maximum atomic E-state index is 15.5. The fourth-order valence-corrected chi connectivity index (χ4v) is 9.26. The van der Waals surface area contributed by atoms with Gasteiger partial charge in [-0.3, -0.25) is 28.2 Å². The van der Waals surface area contributed by atoms with Crippen molar-refractivity contribution in [3.8, 4) is 16.9 Å². The Balaban J connectivity index is 1.23. The first-order chi connectivity index (χ1) is 31.4. The van der Waals surface area contributed by atoms with Gasteiger partial charge in [0.1, 0.15) is 42.5 Å². The Morgan fingerprint density at radius 3 is 2.40 bits per heavy atom. The van der Waals surface area contributed by atoms with Crippen LogP contribution in [-0.2, 0) is 54.8 Å². The highest BCUT2D eigenvalue weighted by atomic mass is 35.5. The fourth-order valence-electron chi connectivity index (χ4n) is 8.60. The number of hydrogen-bond donors (Lipinski definition) is 2. The third-order valence-electron chi connectivity index (χ3n) is 11.4. The van der Waals surface area contributed by atoms with Gasteiger partial charge < -0.3 is 9.87 Å². The lowest BCUT2D eigenvalue weighted by atomic mass is 10.0. The van der Waals surface area contributed by atoms with Crippen LogP contribution in [0, 0.1) is 17.6 Å². The molecular formula is C41H30ClF11N10O3S. The van der Waals surface area contributed by atoms with E-state index in [2.05, 4.69) is 25.3 Å². The number of carbonyl (C=O) groups is 1. The Labute approximate surface area is 376 Å². The number of benzene rings is 3. The van der Waals surface area contributed by atoms with E-state index in [1.54, 1.807) is 0 Å². The first-order valence-corrected chi connectivity index (χ1v) is 21.7. The molecule has 0 spiro atoms. The summed E-state index contributed by atoms with van der Waals surface area (Å²) in [6, 6.07) is 8.40. The number of amides is 1. The van der Waals surface area contributed by atoms with Gasteiger partial charge in [-0.05, 0) is 60.4 Å². The van der Waals surface area contributed by atoms with Crippen molar-refractivity contribution in [2.75, 3.05) is 11.0 Å². The molecule has 0 aliphatic heterocycles. The summed E-state index contributed by atoms with van der Waals surface area (Å²) in [6.07, 6.45) is -7.69. The molecule has 13 nitrogen and oxygen atoms in total. The molecule has 1 fully saturated rings. The van der Waals surface area contributed by atoms with Crippen LogP contribution >= 0.6 is 11.6 Å². The molecule has 2 N–H and O–H groups in total. The maximum Gasteiger partial charge on any atom is 0.435 e. The minimum absolute atomic E-state index is 0.00318. The zero-order chi connectivity index (χ0) is 48.2. The van der Waals surface area contributed by atoms with Crippen LogP contribution in [0.15, 0.2) is 65.6 Å². The van der Waals surface area contributed by atoms with E-state index in [1.807, 2.05) is 0 Å². The molecule has 4 atom stereocenters. The number of hydrogen-bond acceptors (Lipinski definition) is 8. The number of anilines is 1. The average molecular weight is 987 g/mol. The number of nitrogens with one attached hydrogen (secondary N) is 2. The second-order valence-corrected chi connectivity index (χ2v) is 17.6. The quantitative estimate of drug-likeness (QED) is 0.0867. The van der Waals surface area contributed by atoms with Crippen LogP contribution in [0.3, 0.4) is 0 Å². The molecule has 0 saturated heterocycles. The van der Waals surface area contributed by atoms with E-state index in [0.717, 1.165) is 22.9 Å². The summed E-state index contributed by atoms with van der Waals surface area (Å²) in [5.41, 5.74) is -4.50.